The molecule has 2 bridgehead atoms. The number of hydrogen-bond donors (Lipinski definition) is 2. The lowest BCUT2D eigenvalue weighted by Gasteiger charge is -2.28. The van der Waals surface area contributed by atoms with E-state index in [1.165, 1.54) is 0 Å². The molecule has 1 aromatic rings. The lowest BCUT2D eigenvalue weighted by atomic mass is 9.78. The van der Waals surface area contributed by atoms with Crippen molar-refractivity contribution >= 4 is 11.9 Å². The number of aliphatic carboxylic acids is 1. The fraction of sp³-hybridized carbons (Fsp3) is 0.556. The summed E-state index contributed by atoms with van der Waals surface area (Å²) in [5.41, 5.74) is 0.919. The SMILES string of the molecule is C[C@H](NC(=O)[C@H]1[C@@H]2CC[C@@H](C2)[C@@H]1C(=O)O)c1ccc2c(c1)OCO2. The third kappa shape index (κ3) is 2.41. The van der Waals surface area contributed by atoms with Gasteiger partial charge in [0.1, 0.15) is 0 Å². The molecule has 6 nitrogen and oxygen atoms in total. The minimum absolute atomic E-state index is 0.139. The van der Waals surface area contributed by atoms with Crippen LogP contribution in [0.5, 0.6) is 11.5 Å². The first-order valence-electron chi connectivity index (χ1n) is 8.47. The van der Waals surface area contributed by atoms with Crippen molar-refractivity contribution in [3.8, 4) is 11.5 Å². The van der Waals surface area contributed by atoms with Crippen LogP contribution < -0.4 is 14.8 Å². The largest absolute Gasteiger partial charge is 0.481 e. The van der Waals surface area contributed by atoms with Crippen LogP contribution in [-0.4, -0.2) is 23.8 Å². The Hall–Kier alpha value is -2.24. The Morgan fingerprint density at radius 1 is 1.17 bits per heavy atom. The molecule has 6 heteroatoms. The van der Waals surface area contributed by atoms with Gasteiger partial charge < -0.3 is 19.9 Å². The Balaban J connectivity index is 1.48. The van der Waals surface area contributed by atoms with Crippen LogP contribution in [-0.2, 0) is 9.59 Å². The van der Waals surface area contributed by atoms with Crippen molar-refractivity contribution in [2.45, 2.75) is 32.2 Å². The summed E-state index contributed by atoms with van der Waals surface area (Å²) in [6.45, 7) is 2.11. The van der Waals surface area contributed by atoms with E-state index in [2.05, 4.69) is 5.32 Å². The molecule has 1 heterocycles. The molecule has 5 atom stereocenters. The van der Waals surface area contributed by atoms with Crippen molar-refractivity contribution in [1.29, 1.82) is 0 Å². The molecule has 1 aliphatic heterocycles. The first-order valence-corrected chi connectivity index (χ1v) is 8.47. The van der Waals surface area contributed by atoms with Crippen molar-refractivity contribution in [3.05, 3.63) is 23.8 Å². The van der Waals surface area contributed by atoms with Crippen molar-refractivity contribution in [3.63, 3.8) is 0 Å². The summed E-state index contributed by atoms with van der Waals surface area (Å²) in [6.07, 6.45) is 2.77. The quantitative estimate of drug-likeness (QED) is 0.884. The van der Waals surface area contributed by atoms with E-state index < -0.39 is 17.8 Å². The molecule has 3 aliphatic rings. The third-order valence-corrected chi connectivity index (χ3v) is 5.76. The van der Waals surface area contributed by atoms with Gasteiger partial charge in [-0.2, -0.15) is 0 Å². The molecule has 2 aliphatic carbocycles. The van der Waals surface area contributed by atoms with Gasteiger partial charge in [0.2, 0.25) is 12.7 Å². The summed E-state index contributed by atoms with van der Waals surface area (Å²) in [7, 11) is 0. The summed E-state index contributed by atoms with van der Waals surface area (Å²) in [5.74, 6) is -0.166. The van der Waals surface area contributed by atoms with Crippen LogP contribution in [0, 0.1) is 23.7 Å². The molecular weight excluding hydrogens is 310 g/mol. The Bertz CT molecular complexity index is 688. The molecule has 24 heavy (non-hydrogen) atoms. The molecule has 4 rings (SSSR count). The van der Waals surface area contributed by atoms with E-state index in [9.17, 15) is 14.7 Å². The first-order chi connectivity index (χ1) is 11.5. The minimum atomic E-state index is -0.835. The number of carbonyl (C=O) groups is 2. The number of rotatable bonds is 4. The van der Waals surface area contributed by atoms with Gasteiger partial charge in [0.05, 0.1) is 17.9 Å². The molecule has 128 valence electrons. The highest BCUT2D eigenvalue weighted by Gasteiger charge is 2.54. The van der Waals surface area contributed by atoms with Gasteiger partial charge in [0.15, 0.2) is 11.5 Å². The molecule has 0 unspecified atom stereocenters. The summed E-state index contributed by atoms with van der Waals surface area (Å²) < 4.78 is 10.7. The van der Waals surface area contributed by atoms with Crippen LogP contribution >= 0.6 is 0 Å². The van der Waals surface area contributed by atoms with Crippen LogP contribution in [0.2, 0.25) is 0 Å². The average molecular weight is 331 g/mol. The number of amides is 1. The lowest BCUT2D eigenvalue weighted by Crippen LogP contribution is -2.42. The van der Waals surface area contributed by atoms with E-state index in [-0.39, 0.29) is 30.6 Å². The van der Waals surface area contributed by atoms with E-state index in [1.54, 1.807) is 0 Å². The molecule has 0 aromatic heterocycles. The number of carboxylic acid groups (broad SMARTS) is 1. The number of carboxylic acids is 1. The smallest absolute Gasteiger partial charge is 0.307 e. The van der Waals surface area contributed by atoms with E-state index in [1.807, 2.05) is 25.1 Å². The van der Waals surface area contributed by atoms with Crippen LogP contribution in [0.4, 0.5) is 0 Å². The monoisotopic (exact) mass is 331 g/mol. The van der Waals surface area contributed by atoms with E-state index >= 15 is 0 Å². The predicted octanol–water partition coefficient (Wildman–Crippen LogP) is 2.34. The van der Waals surface area contributed by atoms with Crippen molar-refractivity contribution < 1.29 is 24.2 Å². The predicted molar refractivity (Wildman–Crippen MR) is 84.6 cm³/mol. The maximum absolute atomic E-state index is 12.7. The zero-order chi connectivity index (χ0) is 16.8. The van der Waals surface area contributed by atoms with E-state index in [4.69, 9.17) is 9.47 Å². The summed E-state index contributed by atoms with van der Waals surface area (Å²) in [4.78, 5) is 24.3. The highest BCUT2D eigenvalue weighted by molar-refractivity contribution is 5.86. The van der Waals surface area contributed by atoms with Crippen LogP contribution in [0.1, 0.15) is 37.8 Å². The Morgan fingerprint density at radius 3 is 2.62 bits per heavy atom. The Kier molecular flexibility index (Phi) is 3.62. The zero-order valence-electron chi connectivity index (χ0n) is 13.5. The molecule has 0 saturated heterocycles. The fourth-order valence-electron chi connectivity index (χ4n) is 4.60. The van der Waals surface area contributed by atoms with Crippen molar-refractivity contribution in [2.75, 3.05) is 6.79 Å². The maximum Gasteiger partial charge on any atom is 0.307 e. The van der Waals surface area contributed by atoms with Gasteiger partial charge >= 0.3 is 5.97 Å². The normalized spacial score (nSPS) is 31.0. The summed E-state index contributed by atoms with van der Waals surface area (Å²) in [6, 6.07) is 5.38. The first kappa shape index (κ1) is 15.3. The van der Waals surface area contributed by atoms with Gasteiger partial charge in [0, 0.05) is 0 Å². The molecule has 2 N–H and O–H groups in total. The Morgan fingerprint density at radius 2 is 1.88 bits per heavy atom. The maximum atomic E-state index is 12.7. The molecule has 2 saturated carbocycles. The molecule has 0 spiro atoms. The zero-order valence-corrected chi connectivity index (χ0v) is 13.5. The second-order valence-corrected chi connectivity index (χ2v) is 7.07. The standard InChI is InChI=1S/C18H21NO5/c1-9(10-4-5-13-14(7-10)24-8-23-13)19-17(20)15-11-2-3-12(6-11)16(15)18(21)22/h4-5,7,9,11-12,15-16H,2-3,6,8H2,1H3,(H,19,20)(H,21,22)/t9-,11+,12-,15-,16-/m0/s1. The van der Waals surface area contributed by atoms with Gasteiger partial charge in [-0.1, -0.05) is 6.07 Å². The van der Waals surface area contributed by atoms with Crippen LogP contribution in [0.3, 0.4) is 0 Å². The number of ether oxygens (including phenoxy) is 2. The molecule has 1 aromatic carbocycles. The number of benzene rings is 1. The van der Waals surface area contributed by atoms with Crippen molar-refractivity contribution in [1.82, 2.24) is 5.32 Å². The molecule has 0 radical (unpaired) electrons. The second-order valence-electron chi connectivity index (χ2n) is 7.07. The number of fused-ring (bicyclic) bond motifs is 3. The minimum Gasteiger partial charge on any atom is -0.481 e. The number of carbonyl (C=O) groups excluding carboxylic acids is 1. The number of nitrogens with one attached hydrogen (secondary N) is 1. The van der Waals surface area contributed by atoms with Gasteiger partial charge in [-0.25, -0.2) is 0 Å². The lowest BCUT2D eigenvalue weighted by molar-refractivity contribution is -0.149. The highest BCUT2D eigenvalue weighted by atomic mass is 16.7. The van der Waals surface area contributed by atoms with Gasteiger partial charge in [-0.3, -0.25) is 9.59 Å². The van der Waals surface area contributed by atoms with Crippen molar-refractivity contribution in [2.24, 2.45) is 23.7 Å². The van der Waals surface area contributed by atoms with Gasteiger partial charge in [-0.15, -0.1) is 0 Å². The van der Waals surface area contributed by atoms with Crippen LogP contribution in [0.15, 0.2) is 18.2 Å². The van der Waals surface area contributed by atoms with Crippen LogP contribution in [0.25, 0.3) is 0 Å². The third-order valence-electron chi connectivity index (χ3n) is 5.76. The number of hydrogen-bond acceptors (Lipinski definition) is 4. The Labute approximate surface area is 140 Å². The molecule has 2 fully saturated rings. The van der Waals surface area contributed by atoms with Gasteiger partial charge in [-0.05, 0) is 55.7 Å². The average Bonchev–Trinajstić information content (AvgIpc) is 3.28. The second kappa shape index (κ2) is 5.69. The summed E-state index contributed by atoms with van der Waals surface area (Å²) >= 11 is 0. The van der Waals surface area contributed by atoms with E-state index in [0.29, 0.717) is 11.5 Å². The summed E-state index contributed by atoms with van der Waals surface area (Å²) in [5, 5.41) is 12.5. The topological polar surface area (TPSA) is 84.9 Å². The van der Waals surface area contributed by atoms with Gasteiger partial charge in [0.25, 0.3) is 0 Å². The molecule has 1 amide bonds. The van der Waals surface area contributed by atoms with E-state index in [0.717, 1.165) is 24.8 Å². The fourth-order valence-corrected chi connectivity index (χ4v) is 4.60. The molecular formula is C18H21NO5. The highest BCUT2D eigenvalue weighted by Crippen LogP contribution is 2.52.